The molecule has 1 heterocycles. The Morgan fingerprint density at radius 1 is 1.16 bits per heavy atom. The molecule has 1 aromatic carbocycles. The molecule has 1 aliphatic heterocycles. The Balaban J connectivity index is 1.36. The number of carbonyl (C=O) groups is 2. The fourth-order valence-corrected chi connectivity index (χ4v) is 4.06. The van der Waals surface area contributed by atoms with Crippen LogP contribution >= 0.6 is 0 Å². The molecule has 0 aromatic heterocycles. The topological polar surface area (TPSA) is 49.4 Å². The summed E-state index contributed by atoms with van der Waals surface area (Å²) in [5.74, 6) is 0.760. The van der Waals surface area contributed by atoms with E-state index in [1.54, 1.807) is 12.1 Å². The first-order chi connectivity index (χ1) is 12.0. The molecular formula is C20H25FN2O2. The molecule has 1 saturated heterocycles. The van der Waals surface area contributed by atoms with Crippen molar-refractivity contribution in [1.82, 2.24) is 10.2 Å². The smallest absolute Gasteiger partial charge is 0.243 e. The highest BCUT2D eigenvalue weighted by atomic mass is 19.1. The fourth-order valence-electron chi connectivity index (χ4n) is 4.06. The SMILES string of the molecule is C[C@H]1C[C@H]1C(=O)N1CCCC[C@@H]1C(=O)N[C@@H]1C[C@@H]1c1ccc(F)cc1. The number of nitrogens with one attached hydrogen (secondary N) is 1. The van der Waals surface area contributed by atoms with E-state index in [0.717, 1.165) is 37.7 Å². The summed E-state index contributed by atoms with van der Waals surface area (Å²) < 4.78 is 13.0. The first-order valence-corrected chi connectivity index (χ1v) is 9.41. The highest BCUT2D eigenvalue weighted by Gasteiger charge is 2.46. The van der Waals surface area contributed by atoms with Crippen molar-refractivity contribution in [1.29, 1.82) is 0 Å². The third kappa shape index (κ3) is 3.42. The number of halogens is 1. The van der Waals surface area contributed by atoms with E-state index in [-0.39, 0.29) is 41.6 Å². The molecule has 2 amide bonds. The summed E-state index contributed by atoms with van der Waals surface area (Å²) in [6, 6.07) is 6.30. The van der Waals surface area contributed by atoms with Gasteiger partial charge in [0.1, 0.15) is 11.9 Å². The lowest BCUT2D eigenvalue weighted by atomic mass is 10.00. The van der Waals surface area contributed by atoms with Crippen LogP contribution in [-0.2, 0) is 9.59 Å². The van der Waals surface area contributed by atoms with Gasteiger partial charge in [-0.15, -0.1) is 0 Å². The number of nitrogens with zero attached hydrogens (tertiary/aromatic N) is 1. The minimum absolute atomic E-state index is 0.0176. The van der Waals surface area contributed by atoms with Crippen molar-refractivity contribution in [2.75, 3.05) is 6.54 Å². The van der Waals surface area contributed by atoms with Crippen molar-refractivity contribution in [3.8, 4) is 0 Å². The van der Waals surface area contributed by atoms with Crippen molar-refractivity contribution >= 4 is 11.8 Å². The van der Waals surface area contributed by atoms with Crippen LogP contribution in [0.15, 0.2) is 24.3 Å². The van der Waals surface area contributed by atoms with Gasteiger partial charge in [0.05, 0.1) is 0 Å². The summed E-state index contributed by atoms with van der Waals surface area (Å²) in [5, 5.41) is 3.12. The lowest BCUT2D eigenvalue weighted by molar-refractivity contribution is -0.143. The Hall–Kier alpha value is -1.91. The number of likely N-dealkylation sites (tertiary alicyclic amines) is 1. The van der Waals surface area contributed by atoms with E-state index >= 15 is 0 Å². The van der Waals surface area contributed by atoms with E-state index in [0.29, 0.717) is 12.5 Å². The molecule has 0 unspecified atom stereocenters. The van der Waals surface area contributed by atoms with Crippen LogP contribution < -0.4 is 5.32 Å². The molecule has 5 heteroatoms. The Morgan fingerprint density at radius 2 is 1.88 bits per heavy atom. The van der Waals surface area contributed by atoms with Crippen LogP contribution in [0.25, 0.3) is 0 Å². The van der Waals surface area contributed by atoms with Gasteiger partial charge in [0.15, 0.2) is 0 Å². The van der Waals surface area contributed by atoms with Crippen LogP contribution in [0.3, 0.4) is 0 Å². The molecule has 0 spiro atoms. The molecule has 3 aliphatic rings. The third-order valence-electron chi connectivity index (χ3n) is 5.93. The Bertz CT molecular complexity index is 675. The van der Waals surface area contributed by atoms with Gasteiger partial charge < -0.3 is 10.2 Å². The molecule has 2 aliphatic carbocycles. The Labute approximate surface area is 147 Å². The first-order valence-electron chi connectivity index (χ1n) is 9.41. The van der Waals surface area contributed by atoms with Gasteiger partial charge in [-0.1, -0.05) is 19.1 Å². The van der Waals surface area contributed by atoms with E-state index in [9.17, 15) is 14.0 Å². The second-order valence-corrected chi connectivity index (χ2v) is 7.87. The molecule has 2 saturated carbocycles. The van der Waals surface area contributed by atoms with Crippen molar-refractivity contribution in [2.24, 2.45) is 11.8 Å². The van der Waals surface area contributed by atoms with Gasteiger partial charge in [-0.05, 0) is 55.7 Å². The minimum atomic E-state index is -0.316. The van der Waals surface area contributed by atoms with Crippen LogP contribution in [0.5, 0.6) is 0 Å². The van der Waals surface area contributed by atoms with Crippen LogP contribution in [-0.4, -0.2) is 35.3 Å². The molecule has 134 valence electrons. The molecule has 3 fully saturated rings. The van der Waals surface area contributed by atoms with Gasteiger partial charge in [0.25, 0.3) is 0 Å². The highest BCUT2D eigenvalue weighted by Crippen LogP contribution is 2.42. The average Bonchev–Trinajstić information content (AvgIpc) is 3.53. The standard InChI is InChI=1S/C20H25FN2O2/c1-12-10-15(12)20(25)23-9-3-2-4-18(23)19(24)22-17-11-16(17)13-5-7-14(21)8-6-13/h5-8,12,15-18H,2-4,9-11H2,1H3,(H,22,24)/t12-,15+,16+,17+,18+/m0/s1. The number of rotatable bonds is 4. The maximum atomic E-state index is 13.0. The lowest BCUT2D eigenvalue weighted by Crippen LogP contribution is -2.53. The quantitative estimate of drug-likeness (QED) is 0.913. The van der Waals surface area contributed by atoms with E-state index in [1.807, 2.05) is 4.90 Å². The number of hydrogen-bond acceptors (Lipinski definition) is 2. The predicted octanol–water partition coefficient (Wildman–Crippen LogP) is 2.83. The number of benzene rings is 1. The molecule has 1 N–H and O–H groups in total. The van der Waals surface area contributed by atoms with Crippen molar-refractivity contribution in [2.45, 2.75) is 57.0 Å². The second kappa shape index (κ2) is 6.43. The normalized spacial score (nSPS) is 33.7. The van der Waals surface area contributed by atoms with E-state index in [1.165, 1.54) is 12.1 Å². The van der Waals surface area contributed by atoms with Crippen LogP contribution in [0.2, 0.25) is 0 Å². The monoisotopic (exact) mass is 344 g/mol. The molecule has 0 radical (unpaired) electrons. The summed E-state index contributed by atoms with van der Waals surface area (Å²) in [7, 11) is 0. The van der Waals surface area contributed by atoms with Crippen LogP contribution in [0.4, 0.5) is 4.39 Å². The molecule has 0 bridgehead atoms. The number of piperidine rings is 1. The van der Waals surface area contributed by atoms with Gasteiger partial charge in [0.2, 0.25) is 11.8 Å². The maximum absolute atomic E-state index is 13.0. The summed E-state index contributed by atoms with van der Waals surface area (Å²) in [6.07, 6.45) is 4.58. The number of carbonyl (C=O) groups excluding carboxylic acids is 2. The third-order valence-corrected chi connectivity index (χ3v) is 5.93. The van der Waals surface area contributed by atoms with Gasteiger partial charge in [-0.25, -0.2) is 4.39 Å². The Kier molecular flexibility index (Phi) is 4.26. The average molecular weight is 344 g/mol. The van der Waals surface area contributed by atoms with Crippen molar-refractivity contribution < 1.29 is 14.0 Å². The first kappa shape index (κ1) is 16.6. The molecule has 1 aromatic rings. The largest absolute Gasteiger partial charge is 0.351 e. The predicted molar refractivity (Wildman–Crippen MR) is 92.3 cm³/mol. The summed E-state index contributed by atoms with van der Waals surface area (Å²) in [4.78, 5) is 27.2. The van der Waals surface area contributed by atoms with Gasteiger partial charge >= 0.3 is 0 Å². The van der Waals surface area contributed by atoms with Gasteiger partial charge in [0, 0.05) is 24.4 Å². The zero-order valence-corrected chi connectivity index (χ0v) is 14.6. The van der Waals surface area contributed by atoms with E-state index in [2.05, 4.69) is 12.2 Å². The summed E-state index contributed by atoms with van der Waals surface area (Å²) >= 11 is 0. The van der Waals surface area contributed by atoms with Crippen LogP contribution in [0.1, 0.15) is 50.5 Å². The Morgan fingerprint density at radius 3 is 2.56 bits per heavy atom. The zero-order chi connectivity index (χ0) is 17.6. The van der Waals surface area contributed by atoms with Crippen LogP contribution in [0, 0.1) is 17.7 Å². The molecule has 5 atom stereocenters. The zero-order valence-electron chi connectivity index (χ0n) is 14.6. The summed E-state index contributed by atoms with van der Waals surface area (Å²) in [6.45, 7) is 2.80. The lowest BCUT2D eigenvalue weighted by Gasteiger charge is -2.35. The maximum Gasteiger partial charge on any atom is 0.243 e. The molecule has 25 heavy (non-hydrogen) atoms. The van der Waals surface area contributed by atoms with Gasteiger partial charge in [-0.3, -0.25) is 9.59 Å². The fraction of sp³-hybridized carbons (Fsp3) is 0.600. The van der Waals surface area contributed by atoms with Gasteiger partial charge in [-0.2, -0.15) is 0 Å². The number of hydrogen-bond donors (Lipinski definition) is 1. The highest BCUT2D eigenvalue weighted by molar-refractivity contribution is 5.90. The number of amides is 2. The summed E-state index contributed by atoms with van der Waals surface area (Å²) in [5.41, 5.74) is 1.06. The molecule has 4 nitrogen and oxygen atoms in total. The van der Waals surface area contributed by atoms with Crippen molar-refractivity contribution in [3.63, 3.8) is 0 Å². The molecule has 4 rings (SSSR count). The second-order valence-electron chi connectivity index (χ2n) is 7.87. The van der Waals surface area contributed by atoms with E-state index < -0.39 is 0 Å². The van der Waals surface area contributed by atoms with Crippen molar-refractivity contribution in [3.05, 3.63) is 35.6 Å². The minimum Gasteiger partial charge on any atom is -0.351 e. The van der Waals surface area contributed by atoms with E-state index in [4.69, 9.17) is 0 Å². The molecular weight excluding hydrogens is 319 g/mol.